The second kappa shape index (κ2) is 6.15. The number of sulfonamides is 1. The molecule has 2 rings (SSSR count). The molecule has 0 atom stereocenters. The van der Waals surface area contributed by atoms with Crippen molar-refractivity contribution in [3.8, 4) is 0 Å². The van der Waals surface area contributed by atoms with E-state index in [1.807, 2.05) is 26.0 Å². The lowest BCUT2D eigenvalue weighted by Crippen LogP contribution is -2.26. The smallest absolute Gasteiger partial charge is 0.240 e. The summed E-state index contributed by atoms with van der Waals surface area (Å²) in [6.07, 6.45) is 2.36. The molecule has 0 unspecified atom stereocenters. The third kappa shape index (κ3) is 3.65. The molecular formula is C15H18N2O2S. The Morgan fingerprint density at radius 3 is 2.45 bits per heavy atom. The Hall–Kier alpha value is -1.72. The Morgan fingerprint density at radius 2 is 1.80 bits per heavy atom. The Balaban J connectivity index is 2.00. The van der Waals surface area contributed by atoms with Crippen LogP contribution in [0.5, 0.6) is 0 Å². The molecule has 0 saturated heterocycles. The van der Waals surface area contributed by atoms with Crippen molar-refractivity contribution in [2.45, 2.75) is 25.2 Å². The van der Waals surface area contributed by atoms with Gasteiger partial charge in [0.25, 0.3) is 0 Å². The average molecular weight is 290 g/mol. The lowest BCUT2D eigenvalue weighted by molar-refractivity contribution is 0.581. The first kappa shape index (κ1) is 14.7. The molecule has 1 aromatic heterocycles. The quantitative estimate of drug-likeness (QED) is 0.918. The van der Waals surface area contributed by atoms with Gasteiger partial charge in [0.2, 0.25) is 10.0 Å². The van der Waals surface area contributed by atoms with E-state index in [1.54, 1.807) is 30.5 Å². The summed E-state index contributed by atoms with van der Waals surface area (Å²) in [5, 5.41) is 0. The first-order valence-electron chi connectivity index (χ1n) is 6.46. The average Bonchev–Trinajstić information content (AvgIpc) is 2.41. The van der Waals surface area contributed by atoms with Gasteiger partial charge in [-0.05, 0) is 44.0 Å². The number of benzene rings is 1. The van der Waals surface area contributed by atoms with Gasteiger partial charge in [0.05, 0.1) is 4.90 Å². The molecule has 0 fully saturated rings. The van der Waals surface area contributed by atoms with Crippen molar-refractivity contribution >= 4 is 10.0 Å². The molecular weight excluding hydrogens is 272 g/mol. The molecule has 0 aliphatic heterocycles. The van der Waals surface area contributed by atoms with Crippen molar-refractivity contribution in [3.63, 3.8) is 0 Å². The van der Waals surface area contributed by atoms with Gasteiger partial charge >= 0.3 is 0 Å². The summed E-state index contributed by atoms with van der Waals surface area (Å²) in [5.41, 5.74) is 3.02. The molecule has 0 bridgehead atoms. The number of aryl methyl sites for hydroxylation is 2. The fourth-order valence-corrected chi connectivity index (χ4v) is 2.93. The topological polar surface area (TPSA) is 59.1 Å². The van der Waals surface area contributed by atoms with Crippen LogP contribution in [0.25, 0.3) is 0 Å². The molecule has 0 radical (unpaired) electrons. The second-order valence-corrected chi connectivity index (χ2v) is 6.48. The predicted molar refractivity (Wildman–Crippen MR) is 79.0 cm³/mol. The maximum atomic E-state index is 12.1. The fraction of sp³-hybridized carbons (Fsp3) is 0.267. The first-order valence-corrected chi connectivity index (χ1v) is 7.94. The predicted octanol–water partition coefficient (Wildman–Crippen LogP) is 2.22. The van der Waals surface area contributed by atoms with E-state index in [0.717, 1.165) is 16.8 Å². The molecule has 1 heterocycles. The molecule has 0 amide bonds. The van der Waals surface area contributed by atoms with Gasteiger partial charge in [0.1, 0.15) is 0 Å². The monoisotopic (exact) mass is 290 g/mol. The number of hydrogen-bond acceptors (Lipinski definition) is 3. The summed E-state index contributed by atoms with van der Waals surface area (Å²) in [7, 11) is -3.43. The minimum atomic E-state index is -3.43. The minimum absolute atomic E-state index is 0.297. The summed E-state index contributed by atoms with van der Waals surface area (Å²) >= 11 is 0. The zero-order valence-electron chi connectivity index (χ0n) is 11.6. The van der Waals surface area contributed by atoms with Gasteiger partial charge in [-0.2, -0.15) is 0 Å². The molecule has 5 heteroatoms. The SMILES string of the molecule is Cc1ccc(S(=O)(=O)NCCc2cccnc2C)cc1. The van der Waals surface area contributed by atoms with Crippen molar-refractivity contribution in [1.29, 1.82) is 0 Å². The van der Waals surface area contributed by atoms with Crippen LogP contribution in [0.4, 0.5) is 0 Å². The van der Waals surface area contributed by atoms with Crippen molar-refractivity contribution in [2.24, 2.45) is 0 Å². The van der Waals surface area contributed by atoms with Crippen molar-refractivity contribution in [2.75, 3.05) is 6.54 Å². The van der Waals surface area contributed by atoms with Crippen LogP contribution in [-0.4, -0.2) is 19.9 Å². The molecule has 0 aliphatic carbocycles. The van der Waals surface area contributed by atoms with Crippen molar-refractivity contribution < 1.29 is 8.42 Å². The van der Waals surface area contributed by atoms with Crippen LogP contribution < -0.4 is 4.72 Å². The molecule has 1 N–H and O–H groups in total. The summed E-state index contributed by atoms with van der Waals surface area (Å²) in [4.78, 5) is 4.48. The molecule has 1 aromatic carbocycles. The van der Waals surface area contributed by atoms with E-state index < -0.39 is 10.0 Å². The van der Waals surface area contributed by atoms with Crippen LogP contribution in [0, 0.1) is 13.8 Å². The Bertz CT molecular complexity index is 679. The molecule has 0 aliphatic rings. The van der Waals surface area contributed by atoms with E-state index in [4.69, 9.17) is 0 Å². The number of nitrogens with zero attached hydrogens (tertiary/aromatic N) is 1. The molecule has 0 saturated carbocycles. The van der Waals surface area contributed by atoms with Crippen molar-refractivity contribution in [3.05, 3.63) is 59.4 Å². The number of nitrogens with one attached hydrogen (secondary N) is 1. The van der Waals surface area contributed by atoms with E-state index in [-0.39, 0.29) is 0 Å². The summed E-state index contributed by atoms with van der Waals surface area (Å²) in [5.74, 6) is 0. The van der Waals surface area contributed by atoms with Gasteiger partial charge in [-0.1, -0.05) is 23.8 Å². The van der Waals surface area contributed by atoms with Gasteiger partial charge in [-0.3, -0.25) is 4.98 Å². The van der Waals surface area contributed by atoms with E-state index >= 15 is 0 Å². The third-order valence-electron chi connectivity index (χ3n) is 3.13. The van der Waals surface area contributed by atoms with Crippen LogP contribution in [0.1, 0.15) is 16.8 Å². The van der Waals surface area contributed by atoms with Gasteiger partial charge in [-0.15, -0.1) is 0 Å². The zero-order chi connectivity index (χ0) is 14.6. The number of hydrogen-bond donors (Lipinski definition) is 1. The first-order chi connectivity index (χ1) is 9.49. The van der Waals surface area contributed by atoms with Crippen molar-refractivity contribution in [1.82, 2.24) is 9.71 Å². The van der Waals surface area contributed by atoms with Crippen LogP contribution in [0.15, 0.2) is 47.5 Å². The highest BCUT2D eigenvalue weighted by Crippen LogP contribution is 2.10. The summed E-state index contributed by atoms with van der Waals surface area (Å²) in [6, 6.07) is 10.6. The van der Waals surface area contributed by atoms with Gasteiger partial charge in [0.15, 0.2) is 0 Å². The molecule has 20 heavy (non-hydrogen) atoms. The molecule has 0 spiro atoms. The second-order valence-electron chi connectivity index (χ2n) is 4.71. The van der Waals surface area contributed by atoms with Gasteiger partial charge < -0.3 is 0 Å². The highest BCUT2D eigenvalue weighted by molar-refractivity contribution is 7.89. The Kier molecular flexibility index (Phi) is 4.52. The standard InChI is InChI=1S/C15H18N2O2S/c1-12-5-7-15(8-6-12)20(18,19)17-11-9-14-4-3-10-16-13(14)2/h3-8,10,17H,9,11H2,1-2H3. The largest absolute Gasteiger partial charge is 0.261 e. The van der Waals surface area contributed by atoms with E-state index in [0.29, 0.717) is 17.9 Å². The number of aromatic nitrogens is 1. The summed E-state index contributed by atoms with van der Waals surface area (Å²) < 4.78 is 26.8. The van der Waals surface area contributed by atoms with E-state index in [2.05, 4.69) is 9.71 Å². The number of pyridine rings is 1. The minimum Gasteiger partial charge on any atom is -0.261 e. The van der Waals surface area contributed by atoms with E-state index in [9.17, 15) is 8.42 Å². The molecule has 2 aromatic rings. The zero-order valence-corrected chi connectivity index (χ0v) is 12.4. The normalized spacial score (nSPS) is 11.5. The number of rotatable bonds is 5. The summed E-state index contributed by atoms with van der Waals surface area (Å²) in [6.45, 7) is 4.21. The third-order valence-corrected chi connectivity index (χ3v) is 4.61. The Labute approximate surface area is 119 Å². The maximum absolute atomic E-state index is 12.1. The van der Waals surface area contributed by atoms with Crippen LogP contribution in [-0.2, 0) is 16.4 Å². The Morgan fingerprint density at radius 1 is 1.10 bits per heavy atom. The lowest BCUT2D eigenvalue weighted by atomic mass is 10.1. The van der Waals surface area contributed by atoms with Crippen LogP contribution >= 0.6 is 0 Å². The lowest BCUT2D eigenvalue weighted by Gasteiger charge is -2.08. The van der Waals surface area contributed by atoms with Crippen LogP contribution in [0.2, 0.25) is 0 Å². The molecule has 106 valence electrons. The highest BCUT2D eigenvalue weighted by Gasteiger charge is 2.12. The van der Waals surface area contributed by atoms with Crippen LogP contribution in [0.3, 0.4) is 0 Å². The maximum Gasteiger partial charge on any atom is 0.240 e. The fourth-order valence-electron chi connectivity index (χ4n) is 1.90. The van der Waals surface area contributed by atoms with E-state index in [1.165, 1.54) is 0 Å². The molecule has 4 nitrogen and oxygen atoms in total. The van der Waals surface area contributed by atoms with Gasteiger partial charge in [0, 0.05) is 18.4 Å². The van der Waals surface area contributed by atoms with Gasteiger partial charge in [-0.25, -0.2) is 13.1 Å². The highest BCUT2D eigenvalue weighted by atomic mass is 32.2.